The predicted octanol–water partition coefficient (Wildman–Crippen LogP) is 0.117. The minimum absolute atomic E-state index is 0.0497. The van der Waals surface area contributed by atoms with Crippen LogP contribution in [0.3, 0.4) is 0 Å². The van der Waals surface area contributed by atoms with Gasteiger partial charge in [0, 0.05) is 30.6 Å². The van der Waals surface area contributed by atoms with E-state index in [1.54, 1.807) is 22.4 Å². The fraction of sp³-hybridized carbons (Fsp3) is 0.550. The van der Waals surface area contributed by atoms with Crippen LogP contribution in [0.4, 0.5) is 4.79 Å². The molecule has 0 spiro atoms. The summed E-state index contributed by atoms with van der Waals surface area (Å²) in [5, 5.41) is 9.46. The van der Waals surface area contributed by atoms with Gasteiger partial charge in [0.25, 0.3) is 0 Å². The molecule has 2 saturated heterocycles. The summed E-state index contributed by atoms with van der Waals surface area (Å²) >= 11 is 1.27. The lowest BCUT2D eigenvalue weighted by Gasteiger charge is -2.39. The van der Waals surface area contributed by atoms with E-state index in [2.05, 4.69) is 16.0 Å². The Hall–Kier alpha value is -2.95. The van der Waals surface area contributed by atoms with Gasteiger partial charge in [0.15, 0.2) is 0 Å². The smallest absolute Gasteiger partial charge is 0.325 e. The number of rotatable bonds is 5. The van der Waals surface area contributed by atoms with Crippen LogP contribution in [0.5, 0.6) is 0 Å². The molecular weight excluding hydrogens is 422 g/mol. The van der Waals surface area contributed by atoms with E-state index < -0.39 is 35.8 Å². The maximum atomic E-state index is 12.8. The van der Waals surface area contributed by atoms with Crippen LogP contribution < -0.4 is 16.0 Å². The highest BCUT2D eigenvalue weighted by Gasteiger charge is 2.41. The van der Waals surface area contributed by atoms with Gasteiger partial charge in [0.1, 0.15) is 12.1 Å². The van der Waals surface area contributed by atoms with Crippen LogP contribution >= 0.6 is 11.3 Å². The Morgan fingerprint density at radius 1 is 1.10 bits per heavy atom. The molecule has 3 heterocycles. The number of imide groups is 1. The molecule has 10 nitrogen and oxygen atoms in total. The van der Waals surface area contributed by atoms with Crippen molar-refractivity contribution in [2.75, 3.05) is 19.6 Å². The van der Waals surface area contributed by atoms with E-state index in [9.17, 15) is 24.0 Å². The van der Waals surface area contributed by atoms with Crippen LogP contribution in [0, 0.1) is 0 Å². The van der Waals surface area contributed by atoms with Gasteiger partial charge in [-0.2, -0.15) is 0 Å². The molecule has 2 unspecified atom stereocenters. The van der Waals surface area contributed by atoms with Crippen LogP contribution in [0.25, 0.3) is 0 Å². The number of thiophene rings is 1. The number of amides is 6. The topological polar surface area (TPSA) is 128 Å². The molecule has 2 atom stereocenters. The largest absolute Gasteiger partial charge is 0.352 e. The maximum absolute atomic E-state index is 12.8. The molecule has 0 bridgehead atoms. The lowest BCUT2D eigenvalue weighted by atomic mass is 9.93. The number of piperazine rings is 1. The molecule has 31 heavy (non-hydrogen) atoms. The van der Waals surface area contributed by atoms with E-state index in [1.807, 2.05) is 0 Å². The molecule has 4 rings (SSSR count). The highest BCUT2D eigenvalue weighted by Crippen LogP contribution is 2.25. The zero-order valence-corrected chi connectivity index (χ0v) is 17.8. The lowest BCUT2D eigenvalue weighted by Crippen LogP contribution is -2.64. The van der Waals surface area contributed by atoms with Gasteiger partial charge in [-0.1, -0.05) is 25.3 Å². The van der Waals surface area contributed by atoms with Gasteiger partial charge in [-0.15, -0.1) is 11.3 Å². The number of hydrogen-bond donors (Lipinski definition) is 3. The third kappa shape index (κ3) is 4.41. The summed E-state index contributed by atoms with van der Waals surface area (Å²) in [4.78, 5) is 65.4. The van der Waals surface area contributed by atoms with Crippen molar-refractivity contribution in [2.45, 2.75) is 50.2 Å². The molecule has 3 fully saturated rings. The van der Waals surface area contributed by atoms with Gasteiger partial charge >= 0.3 is 17.8 Å². The highest BCUT2D eigenvalue weighted by atomic mass is 32.1. The van der Waals surface area contributed by atoms with Gasteiger partial charge < -0.3 is 20.9 Å². The van der Waals surface area contributed by atoms with Crippen molar-refractivity contribution in [3.63, 3.8) is 0 Å². The Balaban J connectivity index is 1.42. The molecule has 2 aliphatic heterocycles. The maximum Gasteiger partial charge on any atom is 0.325 e. The summed E-state index contributed by atoms with van der Waals surface area (Å²) in [6.07, 6.45) is 4.95. The first kappa shape index (κ1) is 21.3. The molecule has 6 amide bonds. The molecule has 3 aliphatic rings. The molecule has 1 aromatic rings. The number of carbonyl (C=O) groups is 5. The normalized spacial score (nSPS) is 23.1. The highest BCUT2D eigenvalue weighted by molar-refractivity contribution is 7.10. The van der Waals surface area contributed by atoms with Crippen molar-refractivity contribution < 1.29 is 24.0 Å². The fourth-order valence-corrected chi connectivity index (χ4v) is 4.94. The fourth-order valence-electron chi connectivity index (χ4n) is 4.17. The standard InChI is InChI=1S/C20H25N5O5S/c26-16-13(11-21-16)22-17(27)15(14-7-4-10-31-14)23-20(30)25-9-8-24(18(28)19(25)29)12-5-2-1-3-6-12/h4,7,10,12-13,15H,1-3,5-6,8-9,11H2,(H,21,26)(H,22,27)(H,23,30). The number of β-lactam (4-membered cyclic amide) rings is 1. The second-order valence-corrected chi connectivity index (χ2v) is 8.93. The van der Waals surface area contributed by atoms with Crippen molar-refractivity contribution >= 4 is 41.0 Å². The number of hydrogen-bond acceptors (Lipinski definition) is 6. The van der Waals surface area contributed by atoms with E-state index in [0.29, 0.717) is 18.0 Å². The third-order valence-electron chi connectivity index (χ3n) is 5.99. The first-order chi connectivity index (χ1) is 15.0. The number of nitrogens with zero attached hydrogens (tertiary/aromatic N) is 2. The van der Waals surface area contributed by atoms with E-state index in [0.717, 1.165) is 37.0 Å². The van der Waals surface area contributed by atoms with Crippen LogP contribution in [0.15, 0.2) is 17.5 Å². The van der Waals surface area contributed by atoms with Gasteiger partial charge in [0.05, 0.1) is 0 Å². The van der Waals surface area contributed by atoms with Crippen molar-refractivity contribution in [1.82, 2.24) is 25.8 Å². The predicted molar refractivity (Wildman–Crippen MR) is 111 cm³/mol. The molecule has 11 heteroatoms. The summed E-state index contributed by atoms with van der Waals surface area (Å²) in [6, 6.07) is 0.959. The first-order valence-electron chi connectivity index (χ1n) is 10.5. The molecule has 3 N–H and O–H groups in total. The Labute approximate surface area is 183 Å². The minimum atomic E-state index is -1.07. The average molecular weight is 448 g/mol. The third-order valence-corrected chi connectivity index (χ3v) is 6.92. The van der Waals surface area contributed by atoms with Crippen molar-refractivity contribution in [3.8, 4) is 0 Å². The van der Waals surface area contributed by atoms with E-state index in [-0.39, 0.29) is 18.5 Å². The number of urea groups is 1. The summed E-state index contributed by atoms with van der Waals surface area (Å²) in [5.41, 5.74) is 0. The van der Waals surface area contributed by atoms with Crippen LogP contribution in [0.1, 0.15) is 43.0 Å². The molecule has 1 aromatic heterocycles. The van der Waals surface area contributed by atoms with Crippen LogP contribution in [0.2, 0.25) is 0 Å². The monoisotopic (exact) mass is 447 g/mol. The summed E-state index contributed by atoms with van der Waals surface area (Å²) in [5.74, 6) is -2.38. The molecule has 1 saturated carbocycles. The quantitative estimate of drug-likeness (QED) is 0.436. The van der Waals surface area contributed by atoms with Gasteiger partial charge in [-0.3, -0.25) is 24.1 Å². The van der Waals surface area contributed by atoms with Gasteiger partial charge in [-0.25, -0.2) is 4.79 Å². The van der Waals surface area contributed by atoms with Crippen molar-refractivity contribution in [2.24, 2.45) is 0 Å². The summed E-state index contributed by atoms with van der Waals surface area (Å²) < 4.78 is 0. The molecule has 0 aromatic carbocycles. The Kier molecular flexibility index (Phi) is 6.21. The Morgan fingerprint density at radius 3 is 2.48 bits per heavy atom. The van der Waals surface area contributed by atoms with Crippen LogP contribution in [-0.2, 0) is 19.2 Å². The van der Waals surface area contributed by atoms with Gasteiger partial charge in [-0.05, 0) is 24.3 Å². The zero-order chi connectivity index (χ0) is 22.0. The van der Waals surface area contributed by atoms with E-state index in [4.69, 9.17) is 0 Å². The molecule has 0 radical (unpaired) electrons. The van der Waals surface area contributed by atoms with Crippen LogP contribution in [-0.4, -0.2) is 71.2 Å². The second-order valence-electron chi connectivity index (χ2n) is 7.95. The summed E-state index contributed by atoms with van der Waals surface area (Å²) in [7, 11) is 0. The molecular formula is C20H25N5O5S. The first-order valence-corrected chi connectivity index (χ1v) is 11.4. The van der Waals surface area contributed by atoms with Crippen molar-refractivity contribution in [1.29, 1.82) is 0 Å². The summed E-state index contributed by atoms with van der Waals surface area (Å²) in [6.45, 7) is 0.698. The molecule has 1 aliphatic carbocycles. The average Bonchev–Trinajstić information content (AvgIpc) is 3.31. The second kappa shape index (κ2) is 9.04. The zero-order valence-electron chi connectivity index (χ0n) is 17.0. The number of nitrogens with one attached hydrogen (secondary N) is 3. The Morgan fingerprint density at radius 2 is 1.87 bits per heavy atom. The van der Waals surface area contributed by atoms with Gasteiger partial charge in [0.2, 0.25) is 11.8 Å². The number of carbonyl (C=O) groups excluding carboxylic acids is 5. The SMILES string of the molecule is O=C1NCC1NC(=O)C(NC(=O)N1CCN(C2CCCCC2)C(=O)C1=O)c1cccs1. The van der Waals surface area contributed by atoms with E-state index >= 15 is 0 Å². The minimum Gasteiger partial charge on any atom is -0.352 e. The Bertz CT molecular complexity index is 883. The lowest BCUT2D eigenvalue weighted by molar-refractivity contribution is -0.156. The van der Waals surface area contributed by atoms with E-state index in [1.165, 1.54) is 11.3 Å². The molecule has 166 valence electrons. The van der Waals surface area contributed by atoms with Crippen molar-refractivity contribution in [3.05, 3.63) is 22.4 Å².